The molecular formula is C59H59ClFN13O3. The van der Waals surface area contributed by atoms with Gasteiger partial charge in [-0.15, -0.1) is 0 Å². The van der Waals surface area contributed by atoms with Crippen molar-refractivity contribution in [3.63, 3.8) is 0 Å². The van der Waals surface area contributed by atoms with Gasteiger partial charge in [-0.3, -0.25) is 14.9 Å². The number of ether oxygens (including phenoxy) is 2. The predicted molar refractivity (Wildman–Crippen MR) is 297 cm³/mol. The molecule has 0 amide bonds. The van der Waals surface area contributed by atoms with Crippen LogP contribution in [0, 0.1) is 17.1 Å². The van der Waals surface area contributed by atoms with Gasteiger partial charge in [0.2, 0.25) is 0 Å². The molecule has 392 valence electrons. The Kier molecular flexibility index (Phi) is 12.2. The Morgan fingerprint density at radius 2 is 1.32 bits per heavy atom. The number of likely N-dealkylation sites (N-methyl/N-ethyl adjacent to an activating group) is 2. The molecule has 0 spiro atoms. The number of halogens is 2. The zero-order valence-electron chi connectivity index (χ0n) is 43.1. The lowest BCUT2D eigenvalue weighted by atomic mass is 9.87. The van der Waals surface area contributed by atoms with Gasteiger partial charge in [0.25, 0.3) is 0 Å². The highest BCUT2D eigenvalue weighted by atomic mass is 35.5. The van der Waals surface area contributed by atoms with Gasteiger partial charge in [0.05, 0.1) is 33.1 Å². The number of piperazine rings is 2. The fourth-order valence-corrected chi connectivity index (χ4v) is 13.9. The third-order valence-corrected chi connectivity index (χ3v) is 17.8. The van der Waals surface area contributed by atoms with Crippen molar-refractivity contribution < 1.29 is 19.0 Å². The first-order valence-electron chi connectivity index (χ1n) is 27.2. The molecule has 4 aromatic heterocycles. The summed E-state index contributed by atoms with van der Waals surface area (Å²) in [5, 5.41) is 33.8. The van der Waals surface area contributed by atoms with Gasteiger partial charge in [-0.1, -0.05) is 60.1 Å². The van der Waals surface area contributed by atoms with Gasteiger partial charge in [0.1, 0.15) is 47.3 Å². The Balaban J connectivity index is 0.781. The van der Waals surface area contributed by atoms with E-state index in [9.17, 15) is 10.4 Å². The van der Waals surface area contributed by atoms with Crippen LogP contribution in [0.25, 0.3) is 65.9 Å². The lowest BCUT2D eigenvalue weighted by molar-refractivity contribution is 0.188. The Morgan fingerprint density at radius 3 is 2.00 bits per heavy atom. The van der Waals surface area contributed by atoms with Crippen LogP contribution < -0.4 is 29.9 Å². The summed E-state index contributed by atoms with van der Waals surface area (Å²) in [4.78, 5) is 38.7. The Bertz CT molecular complexity index is 3690. The molecule has 0 aliphatic carbocycles. The minimum atomic E-state index is -0.572. The first-order valence-corrected chi connectivity index (χ1v) is 27.6. The smallest absolute Gasteiger partial charge is 0.319 e. The number of likely N-dealkylation sites (tertiary alicyclic amines) is 2. The number of pyridine rings is 2. The van der Waals surface area contributed by atoms with E-state index < -0.39 is 5.82 Å². The van der Waals surface area contributed by atoms with Crippen LogP contribution in [0.15, 0.2) is 79.1 Å². The van der Waals surface area contributed by atoms with E-state index in [4.69, 9.17) is 51.0 Å². The number of anilines is 2. The molecule has 18 heteroatoms. The van der Waals surface area contributed by atoms with Gasteiger partial charge >= 0.3 is 12.0 Å². The molecule has 4 bridgehead atoms. The van der Waals surface area contributed by atoms with Gasteiger partial charge in [-0.05, 0) is 111 Å². The summed E-state index contributed by atoms with van der Waals surface area (Å²) in [6.07, 6.45) is 10.8. The molecular weight excluding hydrogens is 993 g/mol. The highest BCUT2D eigenvalue weighted by Gasteiger charge is 2.38. The summed E-state index contributed by atoms with van der Waals surface area (Å²) < 4.78 is 30.6. The van der Waals surface area contributed by atoms with E-state index in [2.05, 4.69) is 56.5 Å². The van der Waals surface area contributed by atoms with E-state index in [1.165, 1.54) is 0 Å². The van der Waals surface area contributed by atoms with Crippen molar-refractivity contribution in [2.24, 2.45) is 0 Å². The van der Waals surface area contributed by atoms with Crippen molar-refractivity contribution in [1.82, 2.24) is 50.3 Å². The number of fused-ring (bicyclic) bond motifs is 8. The first-order chi connectivity index (χ1) is 37.6. The van der Waals surface area contributed by atoms with Gasteiger partial charge in [-0.2, -0.15) is 25.2 Å². The summed E-state index contributed by atoms with van der Waals surface area (Å²) in [6.45, 7) is 5.54. The Hall–Kier alpha value is -7.07. The van der Waals surface area contributed by atoms with Crippen LogP contribution in [0.5, 0.6) is 17.8 Å². The van der Waals surface area contributed by atoms with E-state index in [-0.39, 0.29) is 47.0 Å². The van der Waals surface area contributed by atoms with Crippen LogP contribution in [0.1, 0.15) is 62.0 Å². The molecule has 6 aliphatic heterocycles. The van der Waals surface area contributed by atoms with Crippen LogP contribution in [0.2, 0.25) is 5.02 Å². The normalized spacial score (nSPS) is 24.5. The largest absolute Gasteiger partial charge is 0.508 e. The predicted octanol–water partition coefficient (Wildman–Crippen LogP) is 8.59. The van der Waals surface area contributed by atoms with Gasteiger partial charge < -0.3 is 39.9 Å². The minimum Gasteiger partial charge on any atom is -0.508 e. The summed E-state index contributed by atoms with van der Waals surface area (Å²) >= 11 is 7.37. The number of phenolic OH excluding ortho intramolecular Hbond substituents is 1. The van der Waals surface area contributed by atoms with E-state index >= 15 is 4.39 Å². The van der Waals surface area contributed by atoms with E-state index in [0.29, 0.717) is 86.9 Å². The summed E-state index contributed by atoms with van der Waals surface area (Å²) in [5.41, 5.74) is 4.05. The molecule has 0 radical (unpaired) electrons. The molecule has 10 heterocycles. The molecule has 4 aromatic carbocycles. The highest BCUT2D eigenvalue weighted by molar-refractivity contribution is 6.38. The number of nitrogens with one attached hydrogen (secondary N) is 2. The summed E-state index contributed by atoms with van der Waals surface area (Å²) in [5.74, 6) is 0.975. The number of nitriles is 1. The average Bonchev–Trinajstić information content (AvgIpc) is 4.23. The topological polar surface area (TPSA) is 177 Å². The summed E-state index contributed by atoms with van der Waals surface area (Å²) in [7, 11) is 4.20. The van der Waals surface area contributed by atoms with E-state index in [1.54, 1.807) is 30.6 Å². The maximum absolute atomic E-state index is 17.6. The molecule has 77 heavy (non-hydrogen) atoms. The molecule has 6 saturated heterocycles. The molecule has 7 atom stereocenters. The molecule has 6 fully saturated rings. The van der Waals surface area contributed by atoms with Gasteiger partial charge in [0.15, 0.2) is 5.82 Å². The van der Waals surface area contributed by atoms with Gasteiger partial charge in [-0.25, -0.2) is 4.39 Å². The molecule has 3 N–H and O–H groups in total. The highest BCUT2D eigenvalue weighted by Crippen LogP contribution is 2.44. The van der Waals surface area contributed by atoms with Gasteiger partial charge in [0, 0.05) is 97.9 Å². The van der Waals surface area contributed by atoms with Crippen LogP contribution in [0.4, 0.5) is 16.0 Å². The Labute approximate surface area is 450 Å². The zero-order chi connectivity index (χ0) is 52.1. The fourth-order valence-electron chi connectivity index (χ4n) is 13.6. The Morgan fingerprint density at radius 1 is 0.688 bits per heavy atom. The number of phenols is 1. The molecule has 0 saturated carbocycles. The molecule has 8 aromatic rings. The molecule has 16 nitrogen and oxygen atoms in total. The minimum absolute atomic E-state index is 0.0152. The van der Waals surface area contributed by atoms with Crippen LogP contribution in [-0.2, 0) is 0 Å². The third kappa shape index (κ3) is 8.65. The van der Waals surface area contributed by atoms with Crippen molar-refractivity contribution in [2.45, 2.75) is 87.1 Å². The molecule has 14 rings (SSSR count). The quantitative estimate of drug-likeness (QED) is 0.112. The number of hydrogen-bond donors (Lipinski definition) is 3. The average molecular weight is 1050 g/mol. The first kappa shape index (κ1) is 48.3. The van der Waals surface area contributed by atoms with Crippen molar-refractivity contribution in [3.8, 4) is 46.4 Å². The molecule has 5 unspecified atom stereocenters. The number of hydrogen-bond acceptors (Lipinski definition) is 16. The third-order valence-electron chi connectivity index (χ3n) is 17.5. The second-order valence-corrected chi connectivity index (χ2v) is 22.7. The zero-order valence-corrected chi connectivity index (χ0v) is 43.8. The van der Waals surface area contributed by atoms with Crippen LogP contribution in [0.3, 0.4) is 0 Å². The number of nitrogens with zero attached hydrogens (tertiary/aromatic N) is 11. The lowest BCUT2D eigenvalue weighted by Gasteiger charge is -2.34. The number of rotatable bonds is 11. The van der Waals surface area contributed by atoms with Crippen molar-refractivity contribution >= 4 is 66.6 Å². The van der Waals surface area contributed by atoms with Crippen molar-refractivity contribution in [2.75, 3.05) is 76.4 Å². The number of aromatic nitrogens is 6. The lowest BCUT2D eigenvalue weighted by Crippen LogP contribution is -2.51. The monoisotopic (exact) mass is 1050 g/mol. The van der Waals surface area contributed by atoms with Crippen LogP contribution >= 0.6 is 11.6 Å². The van der Waals surface area contributed by atoms with E-state index in [0.717, 1.165) is 117 Å². The van der Waals surface area contributed by atoms with Crippen molar-refractivity contribution in [3.05, 3.63) is 101 Å². The fraction of sp³-hybridized carbons (Fsp3) is 0.407. The van der Waals surface area contributed by atoms with Crippen LogP contribution in [-0.4, -0.2) is 148 Å². The van der Waals surface area contributed by atoms with Crippen molar-refractivity contribution in [1.29, 1.82) is 5.26 Å². The summed E-state index contributed by atoms with van der Waals surface area (Å²) in [6, 6.07) is 25.4. The second kappa shape index (κ2) is 19.4. The second-order valence-electron chi connectivity index (χ2n) is 22.3. The standard InChI is InChI=1S/C59H59ClFN13O3/c1-71-18-6-9-39(71)30-76-59-68-55-48(57(70-59)74-28-37-14-15-38(29-74)66-37)24-64-54(51(55)61)45-17-16-43(44-11-5-8-33(22-62)49(44)45)34-19-40(72(2)25-34)31-77-58-67-53-47(56(69-58)73-26-35-12-13-36(27-73)65-35)23-63-52(50(53)60)46-21-41(75)20-32-7-3-4-10-42(32)46/h3-5,7-8,10-11,16-17,20-21,23-24,34-40,65-66,75H,6,9,12-15,18-19,25-31H2,1-2H3/t34?,35?,36?,37?,38?,39-,40-/m0/s1. The number of benzene rings is 4. The molecule has 6 aliphatic rings. The number of aromatic hydroxyl groups is 1. The van der Waals surface area contributed by atoms with E-state index in [1.807, 2.05) is 42.5 Å². The maximum atomic E-state index is 17.6. The maximum Gasteiger partial charge on any atom is 0.319 e. The SMILES string of the molecule is CN1CCC[C@H]1COc1nc(N2CC3CCC(C2)N3)c2cnc(-c3ccc(C4C[C@@H](COc5nc(N6CC7CCC(C6)N7)c6cnc(-c7cc(O)cc8ccccc78)c(Cl)c6n5)N(C)C4)c4cccc(C#N)c34)c(F)c2n1.